The maximum absolute atomic E-state index is 11.7. The van der Waals surface area contributed by atoms with E-state index in [0.717, 1.165) is 33.7 Å². The van der Waals surface area contributed by atoms with Crippen LogP contribution in [-0.4, -0.2) is 31.9 Å². The molecule has 0 saturated carbocycles. The molecule has 3 aromatic carbocycles. The first kappa shape index (κ1) is 19.9. The van der Waals surface area contributed by atoms with Gasteiger partial charge < -0.3 is 15.2 Å². The number of benzene rings is 3. The first-order valence-electron chi connectivity index (χ1n) is 9.23. The molecule has 0 aliphatic rings. The van der Waals surface area contributed by atoms with E-state index in [-0.39, 0.29) is 12.3 Å². The fourth-order valence-corrected chi connectivity index (χ4v) is 4.02. The minimum absolute atomic E-state index is 0.270. The van der Waals surface area contributed by atoms with Crippen molar-refractivity contribution in [2.75, 3.05) is 23.4 Å². The molecule has 30 heavy (non-hydrogen) atoms. The van der Waals surface area contributed by atoms with Crippen LogP contribution in [0, 0.1) is 0 Å². The highest BCUT2D eigenvalue weighted by molar-refractivity contribution is 7.92. The van der Waals surface area contributed by atoms with Crippen LogP contribution in [0.5, 0.6) is 5.75 Å². The number of nitrogens with zero attached hydrogens (tertiary/aromatic N) is 1. The van der Waals surface area contributed by atoms with Gasteiger partial charge in [0.25, 0.3) is 0 Å². The lowest BCUT2D eigenvalue weighted by atomic mass is 10.1. The maximum atomic E-state index is 11.7. The van der Waals surface area contributed by atoms with Crippen molar-refractivity contribution in [1.29, 1.82) is 0 Å². The summed E-state index contributed by atoms with van der Waals surface area (Å²) in [6.45, 7) is -0.339. The number of hydrogen-bond acceptors (Lipinski definition) is 6. The largest absolute Gasteiger partial charge is 0.494 e. The number of nitrogens with one attached hydrogen (secondary N) is 2. The molecule has 0 bridgehead atoms. The molecule has 1 aromatic heterocycles. The lowest BCUT2D eigenvalue weighted by molar-refractivity contribution is 0.282. The van der Waals surface area contributed by atoms with Gasteiger partial charge in [-0.1, -0.05) is 36.4 Å². The van der Waals surface area contributed by atoms with Gasteiger partial charge in [-0.2, -0.15) is 0 Å². The Morgan fingerprint density at radius 3 is 2.10 bits per heavy atom. The predicted molar refractivity (Wildman–Crippen MR) is 120 cm³/mol. The second-order valence-corrected chi connectivity index (χ2v) is 8.64. The first-order chi connectivity index (χ1) is 14.4. The van der Waals surface area contributed by atoms with E-state index in [1.165, 1.54) is 7.11 Å². The van der Waals surface area contributed by atoms with Crippen LogP contribution in [0.2, 0.25) is 0 Å². The van der Waals surface area contributed by atoms with Crippen LogP contribution in [0.3, 0.4) is 0 Å². The molecule has 154 valence electrons. The van der Waals surface area contributed by atoms with Gasteiger partial charge in [0.15, 0.2) is 0 Å². The van der Waals surface area contributed by atoms with Gasteiger partial charge in [-0.15, -0.1) is 0 Å². The van der Waals surface area contributed by atoms with E-state index < -0.39 is 10.0 Å². The Labute approximate surface area is 174 Å². The number of para-hydroxylation sites is 2. The summed E-state index contributed by atoms with van der Waals surface area (Å²) in [5.41, 5.74) is 3.83. The van der Waals surface area contributed by atoms with E-state index >= 15 is 0 Å². The number of ether oxygens (including phenoxy) is 1. The Bertz CT molecular complexity index is 1300. The summed E-state index contributed by atoms with van der Waals surface area (Å²) >= 11 is 0. The van der Waals surface area contributed by atoms with E-state index in [4.69, 9.17) is 9.72 Å². The topological polar surface area (TPSA) is 101 Å². The van der Waals surface area contributed by atoms with E-state index in [2.05, 4.69) is 10.0 Å². The van der Waals surface area contributed by atoms with Crippen molar-refractivity contribution in [3.63, 3.8) is 0 Å². The standard InChI is InChI=1S/C22H21N3O4S/c1-29-21-12-19(25-30(2,27)28)14(13-26)11-20(21)24-22-15-7-3-5-9-17(15)23-18-10-6-4-8-16(18)22/h3-12,25-26H,13H2,1-2H3,(H,23,24). The highest BCUT2D eigenvalue weighted by Crippen LogP contribution is 2.38. The van der Waals surface area contributed by atoms with Gasteiger partial charge in [-0.3, -0.25) is 4.72 Å². The molecule has 1 heterocycles. The maximum Gasteiger partial charge on any atom is 0.229 e. The van der Waals surface area contributed by atoms with Crippen LogP contribution >= 0.6 is 0 Å². The van der Waals surface area contributed by atoms with Gasteiger partial charge in [0.05, 0.1) is 48.1 Å². The first-order valence-corrected chi connectivity index (χ1v) is 11.1. The SMILES string of the molecule is COc1cc(NS(C)(=O)=O)c(CO)cc1Nc1c2ccccc2nc2ccccc12. The third kappa shape index (κ3) is 3.87. The van der Waals surface area contributed by atoms with E-state index in [1.54, 1.807) is 12.1 Å². The van der Waals surface area contributed by atoms with Crippen LogP contribution in [0.4, 0.5) is 17.1 Å². The second kappa shape index (κ2) is 7.81. The van der Waals surface area contributed by atoms with Crippen molar-refractivity contribution in [1.82, 2.24) is 4.98 Å². The molecule has 0 unspecified atom stereocenters. The Kier molecular flexibility index (Phi) is 5.19. The summed E-state index contributed by atoms with van der Waals surface area (Å²) in [5.74, 6) is 0.434. The quantitative estimate of drug-likeness (QED) is 0.405. The zero-order chi connectivity index (χ0) is 21.3. The van der Waals surface area contributed by atoms with E-state index in [0.29, 0.717) is 17.0 Å². The summed E-state index contributed by atoms with van der Waals surface area (Å²) < 4.78 is 31.3. The molecule has 0 spiro atoms. The van der Waals surface area contributed by atoms with Gasteiger partial charge in [-0.25, -0.2) is 13.4 Å². The van der Waals surface area contributed by atoms with Gasteiger partial charge in [-0.05, 0) is 18.2 Å². The minimum Gasteiger partial charge on any atom is -0.494 e. The van der Waals surface area contributed by atoms with Crippen LogP contribution in [0.15, 0.2) is 60.7 Å². The highest BCUT2D eigenvalue weighted by atomic mass is 32.2. The summed E-state index contributed by atoms with van der Waals surface area (Å²) in [4.78, 5) is 4.72. The number of aromatic nitrogens is 1. The summed E-state index contributed by atoms with van der Waals surface area (Å²) in [5, 5.41) is 15.1. The van der Waals surface area contributed by atoms with E-state index in [1.807, 2.05) is 48.5 Å². The van der Waals surface area contributed by atoms with Gasteiger partial charge in [0.1, 0.15) is 5.75 Å². The Hall–Kier alpha value is -3.36. The lowest BCUT2D eigenvalue weighted by Gasteiger charge is -2.18. The van der Waals surface area contributed by atoms with Crippen LogP contribution in [-0.2, 0) is 16.6 Å². The zero-order valence-electron chi connectivity index (χ0n) is 16.5. The normalized spacial score (nSPS) is 11.6. The van der Waals surface area contributed by atoms with Crippen LogP contribution in [0.25, 0.3) is 21.8 Å². The van der Waals surface area contributed by atoms with Gasteiger partial charge >= 0.3 is 0 Å². The molecule has 0 atom stereocenters. The summed E-state index contributed by atoms with van der Waals surface area (Å²) in [6.07, 6.45) is 1.06. The lowest BCUT2D eigenvalue weighted by Crippen LogP contribution is -2.12. The number of pyridine rings is 1. The molecule has 0 amide bonds. The van der Waals surface area contributed by atoms with Gasteiger partial charge in [0, 0.05) is 22.4 Å². The number of rotatable bonds is 6. The Balaban J connectivity index is 1.91. The molecule has 3 N–H and O–H groups in total. The molecule has 4 aromatic rings. The molecular weight excluding hydrogens is 402 g/mol. The highest BCUT2D eigenvalue weighted by Gasteiger charge is 2.16. The molecular formula is C22H21N3O4S. The van der Waals surface area contributed by atoms with Crippen molar-refractivity contribution in [3.05, 3.63) is 66.2 Å². The van der Waals surface area contributed by atoms with Crippen molar-refractivity contribution in [2.45, 2.75) is 6.61 Å². The molecule has 0 aliphatic heterocycles. The van der Waals surface area contributed by atoms with Crippen LogP contribution in [0.1, 0.15) is 5.56 Å². The van der Waals surface area contributed by atoms with E-state index in [9.17, 15) is 13.5 Å². The molecule has 0 radical (unpaired) electrons. The molecule has 4 rings (SSSR count). The molecule has 8 heteroatoms. The number of hydrogen-bond donors (Lipinski definition) is 3. The third-order valence-corrected chi connectivity index (χ3v) is 5.33. The van der Waals surface area contributed by atoms with Crippen molar-refractivity contribution >= 4 is 48.9 Å². The smallest absolute Gasteiger partial charge is 0.229 e. The third-order valence-electron chi connectivity index (χ3n) is 4.74. The number of sulfonamides is 1. The number of aliphatic hydroxyl groups is 1. The van der Waals surface area contributed by atoms with Crippen molar-refractivity contribution < 1.29 is 18.3 Å². The van der Waals surface area contributed by atoms with Crippen molar-refractivity contribution in [3.8, 4) is 5.75 Å². The summed E-state index contributed by atoms with van der Waals surface area (Å²) in [7, 11) is -2.00. The zero-order valence-corrected chi connectivity index (χ0v) is 17.3. The number of fused-ring (bicyclic) bond motifs is 2. The van der Waals surface area contributed by atoms with Crippen molar-refractivity contribution in [2.24, 2.45) is 0 Å². The minimum atomic E-state index is -3.51. The molecule has 0 fully saturated rings. The fraction of sp³-hybridized carbons (Fsp3) is 0.136. The average molecular weight is 423 g/mol. The number of aliphatic hydroxyl groups excluding tert-OH is 1. The Morgan fingerprint density at radius 1 is 0.967 bits per heavy atom. The van der Waals surface area contributed by atoms with Gasteiger partial charge in [0.2, 0.25) is 10.0 Å². The predicted octanol–water partition coefficient (Wildman–Crippen LogP) is 4.00. The molecule has 0 aliphatic carbocycles. The second-order valence-electron chi connectivity index (χ2n) is 6.89. The number of anilines is 3. The Morgan fingerprint density at radius 2 is 1.57 bits per heavy atom. The molecule has 7 nitrogen and oxygen atoms in total. The molecule has 0 saturated heterocycles. The average Bonchev–Trinajstić information content (AvgIpc) is 2.73. The fourth-order valence-electron chi connectivity index (χ4n) is 3.43. The monoisotopic (exact) mass is 423 g/mol. The summed E-state index contributed by atoms with van der Waals surface area (Å²) in [6, 6.07) is 18.8. The number of methoxy groups -OCH3 is 1. The van der Waals surface area contributed by atoms with Crippen LogP contribution < -0.4 is 14.8 Å².